The van der Waals surface area contributed by atoms with Gasteiger partial charge in [0.25, 0.3) is 0 Å². The zero-order valence-corrected chi connectivity index (χ0v) is 18.5. The van der Waals surface area contributed by atoms with E-state index < -0.39 is 0 Å². The van der Waals surface area contributed by atoms with Gasteiger partial charge in [0.05, 0.1) is 13.7 Å². The largest absolute Gasteiger partial charge is 0.496 e. The quantitative estimate of drug-likeness (QED) is 0.705. The number of rotatable bonds is 5. The van der Waals surface area contributed by atoms with Crippen LogP contribution < -0.4 is 15.4 Å². The maximum Gasteiger partial charge on any atom is 0.322 e. The summed E-state index contributed by atoms with van der Waals surface area (Å²) in [6.45, 7) is 4.77. The van der Waals surface area contributed by atoms with Crippen molar-refractivity contribution in [2.24, 2.45) is 5.92 Å². The number of carbonyl (C=O) groups excluding carboxylic acids is 2. The SMILES string of the molecule is CCc1cccc2c1CN(C1CCC(C(=O)Nc3ccc(C)c(OC)c3)CC1)C(=O)N2. The second kappa shape index (κ2) is 9.00. The van der Waals surface area contributed by atoms with E-state index in [1.54, 1.807) is 7.11 Å². The highest BCUT2D eigenvalue weighted by Crippen LogP contribution is 2.34. The number of urea groups is 1. The Morgan fingerprint density at radius 3 is 2.68 bits per heavy atom. The number of methoxy groups -OCH3 is 1. The Morgan fingerprint density at radius 2 is 1.97 bits per heavy atom. The zero-order chi connectivity index (χ0) is 22.0. The number of carbonyl (C=O) groups is 2. The zero-order valence-electron chi connectivity index (χ0n) is 18.5. The lowest BCUT2D eigenvalue weighted by atomic mass is 9.84. The number of hydrogen-bond acceptors (Lipinski definition) is 3. The number of aryl methyl sites for hydroxylation is 2. The molecule has 0 aromatic heterocycles. The predicted octanol–water partition coefficient (Wildman–Crippen LogP) is 5.11. The number of benzene rings is 2. The Bertz CT molecular complexity index is 980. The normalized spacial score (nSPS) is 20.6. The molecular formula is C25H31N3O3. The summed E-state index contributed by atoms with van der Waals surface area (Å²) in [6, 6.07) is 12.0. The van der Waals surface area contributed by atoms with Gasteiger partial charge in [0, 0.05) is 29.4 Å². The van der Waals surface area contributed by atoms with Gasteiger partial charge in [-0.05, 0) is 67.9 Å². The van der Waals surface area contributed by atoms with E-state index in [0.717, 1.165) is 54.8 Å². The third-order valence-corrected chi connectivity index (χ3v) is 6.67. The van der Waals surface area contributed by atoms with Crippen LogP contribution >= 0.6 is 0 Å². The van der Waals surface area contributed by atoms with E-state index in [1.165, 1.54) is 11.1 Å². The summed E-state index contributed by atoms with van der Waals surface area (Å²) in [5, 5.41) is 6.09. The van der Waals surface area contributed by atoms with Crippen LogP contribution in [0, 0.1) is 12.8 Å². The molecule has 0 spiro atoms. The van der Waals surface area contributed by atoms with Crippen LogP contribution in [0.2, 0.25) is 0 Å². The molecule has 0 saturated heterocycles. The molecule has 1 aliphatic carbocycles. The molecule has 1 saturated carbocycles. The first-order valence-corrected chi connectivity index (χ1v) is 11.1. The molecule has 0 unspecified atom stereocenters. The van der Waals surface area contributed by atoms with E-state index >= 15 is 0 Å². The van der Waals surface area contributed by atoms with Gasteiger partial charge < -0.3 is 20.3 Å². The van der Waals surface area contributed by atoms with Crippen molar-refractivity contribution in [2.45, 2.75) is 58.5 Å². The second-order valence-corrected chi connectivity index (χ2v) is 8.53. The van der Waals surface area contributed by atoms with E-state index in [-0.39, 0.29) is 23.9 Å². The van der Waals surface area contributed by atoms with Crippen molar-refractivity contribution in [3.63, 3.8) is 0 Å². The molecule has 0 atom stereocenters. The highest BCUT2D eigenvalue weighted by Gasteiger charge is 2.34. The fourth-order valence-corrected chi connectivity index (χ4v) is 4.79. The Hall–Kier alpha value is -3.02. The maximum atomic E-state index is 12.8. The van der Waals surface area contributed by atoms with Gasteiger partial charge in [0.1, 0.15) is 5.75 Å². The van der Waals surface area contributed by atoms with Gasteiger partial charge in [-0.15, -0.1) is 0 Å². The van der Waals surface area contributed by atoms with Crippen LogP contribution in [0.4, 0.5) is 16.2 Å². The summed E-state index contributed by atoms with van der Waals surface area (Å²) in [5.41, 5.74) is 5.23. The number of ether oxygens (including phenoxy) is 1. The lowest BCUT2D eigenvalue weighted by Crippen LogP contribution is -2.47. The van der Waals surface area contributed by atoms with Crippen molar-refractivity contribution in [2.75, 3.05) is 17.7 Å². The smallest absolute Gasteiger partial charge is 0.322 e. The molecule has 2 aromatic carbocycles. The molecule has 1 heterocycles. The first kappa shape index (κ1) is 21.2. The second-order valence-electron chi connectivity index (χ2n) is 8.53. The molecule has 2 aromatic rings. The Balaban J connectivity index is 1.37. The average Bonchev–Trinajstić information content (AvgIpc) is 2.79. The Kier molecular flexibility index (Phi) is 6.16. The third kappa shape index (κ3) is 4.38. The van der Waals surface area contributed by atoms with Crippen molar-refractivity contribution in [1.82, 2.24) is 4.90 Å². The van der Waals surface area contributed by atoms with Gasteiger partial charge in [-0.2, -0.15) is 0 Å². The van der Waals surface area contributed by atoms with Gasteiger partial charge in [-0.25, -0.2) is 4.79 Å². The molecule has 3 amide bonds. The first-order chi connectivity index (χ1) is 15.0. The Morgan fingerprint density at radius 1 is 1.19 bits per heavy atom. The standard InChI is InChI=1S/C25H31N3O3/c1-4-17-6-5-7-22-21(17)15-28(25(30)27-22)20-12-9-18(10-13-20)24(29)26-19-11-8-16(2)23(14-19)31-3/h5-8,11,14,18,20H,4,9-10,12-13,15H2,1-3H3,(H,26,29)(H,27,30). The van der Waals surface area contributed by atoms with Gasteiger partial charge in [-0.3, -0.25) is 4.79 Å². The first-order valence-electron chi connectivity index (χ1n) is 11.1. The van der Waals surface area contributed by atoms with Crippen molar-refractivity contribution in [3.05, 3.63) is 53.1 Å². The van der Waals surface area contributed by atoms with Crippen LogP contribution in [0.15, 0.2) is 36.4 Å². The molecule has 6 nitrogen and oxygen atoms in total. The molecule has 0 bridgehead atoms. The van der Waals surface area contributed by atoms with E-state index in [1.807, 2.05) is 42.2 Å². The molecule has 31 heavy (non-hydrogen) atoms. The molecule has 2 aliphatic rings. The molecule has 4 rings (SSSR count). The summed E-state index contributed by atoms with van der Waals surface area (Å²) in [6.07, 6.45) is 4.19. The summed E-state index contributed by atoms with van der Waals surface area (Å²) < 4.78 is 5.35. The molecule has 1 aliphatic heterocycles. The van der Waals surface area contributed by atoms with Crippen molar-refractivity contribution in [3.8, 4) is 5.75 Å². The van der Waals surface area contributed by atoms with Crippen LogP contribution in [0.25, 0.3) is 0 Å². The van der Waals surface area contributed by atoms with Crippen molar-refractivity contribution < 1.29 is 14.3 Å². The van der Waals surface area contributed by atoms with Gasteiger partial charge in [0.15, 0.2) is 0 Å². The van der Waals surface area contributed by atoms with E-state index in [0.29, 0.717) is 6.54 Å². The third-order valence-electron chi connectivity index (χ3n) is 6.67. The summed E-state index contributed by atoms with van der Waals surface area (Å²) in [7, 11) is 1.63. The van der Waals surface area contributed by atoms with Gasteiger partial charge in [0.2, 0.25) is 5.91 Å². The van der Waals surface area contributed by atoms with Crippen LogP contribution in [-0.2, 0) is 17.8 Å². The minimum absolute atomic E-state index is 0.0274. The van der Waals surface area contributed by atoms with E-state index in [4.69, 9.17) is 4.74 Å². The predicted molar refractivity (Wildman–Crippen MR) is 122 cm³/mol. The van der Waals surface area contributed by atoms with Gasteiger partial charge >= 0.3 is 6.03 Å². The number of anilines is 2. The molecule has 1 fully saturated rings. The summed E-state index contributed by atoms with van der Waals surface area (Å²) in [4.78, 5) is 27.5. The van der Waals surface area contributed by atoms with Gasteiger partial charge in [-0.1, -0.05) is 25.1 Å². The molecule has 0 radical (unpaired) electrons. The van der Waals surface area contributed by atoms with E-state index in [9.17, 15) is 9.59 Å². The minimum Gasteiger partial charge on any atom is -0.496 e. The van der Waals surface area contributed by atoms with Crippen LogP contribution in [-0.4, -0.2) is 30.0 Å². The molecule has 2 N–H and O–H groups in total. The summed E-state index contributed by atoms with van der Waals surface area (Å²) in [5.74, 6) is 0.783. The lowest BCUT2D eigenvalue weighted by molar-refractivity contribution is -0.121. The van der Waals surface area contributed by atoms with E-state index in [2.05, 4.69) is 23.6 Å². The number of hydrogen-bond donors (Lipinski definition) is 2. The fraction of sp³-hybridized carbons (Fsp3) is 0.440. The highest BCUT2D eigenvalue weighted by molar-refractivity contribution is 5.94. The average molecular weight is 422 g/mol. The number of nitrogens with zero attached hydrogens (tertiary/aromatic N) is 1. The topological polar surface area (TPSA) is 70.7 Å². The summed E-state index contributed by atoms with van der Waals surface area (Å²) >= 11 is 0. The maximum absolute atomic E-state index is 12.8. The van der Waals surface area contributed by atoms with Crippen LogP contribution in [0.1, 0.15) is 49.3 Å². The molecular weight excluding hydrogens is 390 g/mol. The number of nitrogens with one attached hydrogen (secondary N) is 2. The van der Waals surface area contributed by atoms with Crippen molar-refractivity contribution in [1.29, 1.82) is 0 Å². The molecule has 6 heteroatoms. The number of amides is 3. The minimum atomic E-state index is -0.0325. The highest BCUT2D eigenvalue weighted by atomic mass is 16.5. The van der Waals surface area contributed by atoms with Crippen LogP contribution in [0.3, 0.4) is 0 Å². The lowest BCUT2D eigenvalue weighted by Gasteiger charge is -2.39. The number of fused-ring (bicyclic) bond motifs is 1. The Labute approximate surface area is 184 Å². The van der Waals surface area contributed by atoms with Crippen molar-refractivity contribution >= 4 is 23.3 Å². The molecule has 164 valence electrons. The fourth-order valence-electron chi connectivity index (χ4n) is 4.79. The van der Waals surface area contributed by atoms with Crippen LogP contribution in [0.5, 0.6) is 5.75 Å². The monoisotopic (exact) mass is 421 g/mol.